The molecule has 0 fully saturated rings. The summed E-state index contributed by atoms with van der Waals surface area (Å²) in [5, 5.41) is 0. The lowest BCUT2D eigenvalue weighted by Crippen LogP contribution is -2.26. The van der Waals surface area contributed by atoms with Gasteiger partial charge in [0.1, 0.15) is 0 Å². The van der Waals surface area contributed by atoms with Crippen molar-refractivity contribution in [2.24, 2.45) is 28.7 Å². The molecule has 3 aliphatic carbocycles. The molecule has 0 N–H and O–H groups in total. The fraction of sp³-hybridized carbons (Fsp3) is 0.250. The Kier molecular flexibility index (Phi) is 12.5. The average Bonchev–Trinajstić information content (AvgIpc) is 3.29. The maximum Gasteiger partial charge on any atom is 0.0794 e. The largest absolute Gasteiger partial charge is 0.276 e. The fourth-order valence-electron chi connectivity index (χ4n) is 10.1. The van der Waals surface area contributed by atoms with Gasteiger partial charge < -0.3 is 0 Å². The predicted octanol–water partition coefficient (Wildman–Crippen LogP) is 15.6. The van der Waals surface area contributed by atoms with Crippen LogP contribution in [0.1, 0.15) is 91.3 Å². The lowest BCUT2D eigenvalue weighted by Gasteiger charge is -2.33. The van der Waals surface area contributed by atoms with Gasteiger partial charge in [0.25, 0.3) is 0 Å². The topological polar surface area (TPSA) is 12.4 Å². The molecule has 0 bridgehead atoms. The van der Waals surface area contributed by atoms with E-state index in [1.54, 1.807) is 0 Å². The monoisotopic (exact) mass is 795 g/mol. The van der Waals surface area contributed by atoms with Crippen molar-refractivity contribution in [1.29, 1.82) is 0 Å². The van der Waals surface area contributed by atoms with Gasteiger partial charge in [-0.25, -0.2) is 0 Å². The SMILES string of the molecule is C=CCCC1C(C)=C(c2ccc(C3=NC4C=CC=CC4c4c3ccc(-c3ccccc3C)c4C)cc2)C=CC1C(=C)/C=C\C1C=CC(/C=C\C(C)c2ccccc2)=C(C)C1C. The second kappa shape index (κ2) is 18.3. The summed E-state index contributed by atoms with van der Waals surface area (Å²) in [7, 11) is 0. The maximum atomic E-state index is 5.41. The van der Waals surface area contributed by atoms with Crippen molar-refractivity contribution in [1.82, 2.24) is 0 Å². The van der Waals surface area contributed by atoms with Crippen LogP contribution < -0.4 is 0 Å². The molecule has 1 heterocycles. The third kappa shape index (κ3) is 8.49. The minimum Gasteiger partial charge on any atom is -0.276 e. The van der Waals surface area contributed by atoms with Gasteiger partial charge >= 0.3 is 0 Å². The summed E-state index contributed by atoms with van der Waals surface area (Å²) in [6.07, 6.45) is 31.7. The Bertz CT molecular complexity index is 2590. The van der Waals surface area contributed by atoms with Crippen LogP contribution in [0.25, 0.3) is 16.7 Å². The Morgan fingerprint density at radius 3 is 2.25 bits per heavy atom. The van der Waals surface area contributed by atoms with Crippen LogP contribution >= 0.6 is 0 Å². The smallest absolute Gasteiger partial charge is 0.0794 e. The Hall–Kier alpha value is -6.05. The molecule has 4 aromatic carbocycles. The molecular weight excluding hydrogens is 735 g/mol. The van der Waals surface area contributed by atoms with Gasteiger partial charge in [-0.3, -0.25) is 4.99 Å². The molecule has 1 aliphatic heterocycles. The number of fused-ring (bicyclic) bond motifs is 3. The highest BCUT2D eigenvalue weighted by molar-refractivity contribution is 6.15. The van der Waals surface area contributed by atoms with E-state index in [1.165, 1.54) is 72.4 Å². The maximum absolute atomic E-state index is 5.41. The van der Waals surface area contributed by atoms with Crippen molar-refractivity contribution in [3.05, 3.63) is 244 Å². The van der Waals surface area contributed by atoms with Gasteiger partial charge in [0.2, 0.25) is 0 Å². The lowest BCUT2D eigenvalue weighted by molar-refractivity contribution is 0.476. The summed E-state index contributed by atoms with van der Waals surface area (Å²) >= 11 is 0. The quantitative estimate of drug-likeness (QED) is 0.100. The molecule has 7 atom stereocenters. The van der Waals surface area contributed by atoms with E-state index in [-0.39, 0.29) is 17.9 Å². The van der Waals surface area contributed by atoms with E-state index >= 15 is 0 Å². The third-order valence-electron chi connectivity index (χ3n) is 14.0. The Balaban J connectivity index is 1.01. The highest BCUT2D eigenvalue weighted by Gasteiger charge is 2.33. The summed E-state index contributed by atoms with van der Waals surface area (Å²) in [4.78, 5) is 5.41. The molecular formula is C60H61N. The van der Waals surface area contributed by atoms with E-state index in [0.29, 0.717) is 23.7 Å². The first kappa shape index (κ1) is 41.7. The first-order valence-corrected chi connectivity index (χ1v) is 22.4. The number of benzene rings is 4. The first-order chi connectivity index (χ1) is 29.6. The van der Waals surface area contributed by atoms with E-state index in [2.05, 4.69) is 225 Å². The Labute approximate surface area is 366 Å². The zero-order valence-corrected chi connectivity index (χ0v) is 37.0. The Morgan fingerprint density at radius 1 is 0.754 bits per heavy atom. The molecule has 4 aliphatic rings. The van der Waals surface area contributed by atoms with E-state index in [9.17, 15) is 0 Å². The molecule has 0 saturated carbocycles. The standard InChI is InChI=1S/C60H61N/c1-9-10-21-54-44(7)53(36-35-52(54)41(4)26-28-48-30-29-47(42(5)43(48)6)27-25-39(2)46-19-12-11-13-20-46)49-31-33-50(34-32-49)60-57-38-37-55(51-22-15-14-18-40(51)3)45(8)59(57)56-23-16-17-24-58(56)61-60/h9,11-20,22-39,43,48,52,54,56,58H,1,4,10,21H2,2-3,5-8H3/b27-25-,28-26-. The summed E-state index contributed by atoms with van der Waals surface area (Å²) in [5.41, 5.74) is 19.4. The highest BCUT2D eigenvalue weighted by atomic mass is 14.8. The van der Waals surface area contributed by atoms with Crippen molar-refractivity contribution in [2.45, 2.75) is 72.3 Å². The van der Waals surface area contributed by atoms with Gasteiger partial charge in [-0.15, -0.1) is 6.58 Å². The van der Waals surface area contributed by atoms with Crippen molar-refractivity contribution >= 4 is 11.3 Å². The van der Waals surface area contributed by atoms with E-state index in [1.807, 2.05) is 0 Å². The number of allylic oxidation sites excluding steroid dienone is 16. The van der Waals surface area contributed by atoms with Crippen molar-refractivity contribution < 1.29 is 0 Å². The van der Waals surface area contributed by atoms with Crippen LogP contribution in [0.2, 0.25) is 0 Å². The van der Waals surface area contributed by atoms with Gasteiger partial charge in [-0.2, -0.15) is 0 Å². The van der Waals surface area contributed by atoms with Crippen LogP contribution in [0.5, 0.6) is 0 Å². The van der Waals surface area contributed by atoms with Crippen molar-refractivity contribution in [3.63, 3.8) is 0 Å². The van der Waals surface area contributed by atoms with Crippen LogP contribution in [0.4, 0.5) is 0 Å². The molecule has 0 aromatic heterocycles. The average molecular weight is 796 g/mol. The number of aliphatic imine (C=N–C) groups is 1. The van der Waals surface area contributed by atoms with Crippen molar-refractivity contribution in [2.75, 3.05) is 0 Å². The molecule has 0 saturated heterocycles. The predicted molar refractivity (Wildman–Crippen MR) is 263 cm³/mol. The molecule has 0 radical (unpaired) electrons. The first-order valence-electron chi connectivity index (χ1n) is 22.4. The van der Waals surface area contributed by atoms with Gasteiger partial charge in [-0.1, -0.05) is 202 Å². The van der Waals surface area contributed by atoms with E-state index < -0.39 is 0 Å². The number of aryl methyl sites for hydroxylation is 1. The molecule has 1 heteroatoms. The van der Waals surface area contributed by atoms with Crippen LogP contribution in [-0.2, 0) is 0 Å². The van der Waals surface area contributed by atoms with E-state index in [4.69, 9.17) is 4.99 Å². The summed E-state index contributed by atoms with van der Waals surface area (Å²) in [5.74, 6) is 1.95. The molecule has 8 rings (SSSR count). The minimum atomic E-state index is 0.0838. The second-order valence-corrected chi connectivity index (χ2v) is 17.7. The number of nitrogens with zero attached hydrogens (tertiary/aromatic N) is 1. The number of rotatable bonds is 12. The highest BCUT2D eigenvalue weighted by Crippen LogP contribution is 2.44. The fourth-order valence-corrected chi connectivity index (χ4v) is 10.1. The molecule has 4 aromatic rings. The number of hydrogen-bond donors (Lipinski definition) is 0. The molecule has 306 valence electrons. The van der Waals surface area contributed by atoms with Crippen LogP contribution in [0, 0.1) is 37.5 Å². The van der Waals surface area contributed by atoms with Crippen molar-refractivity contribution in [3.8, 4) is 11.1 Å². The van der Waals surface area contributed by atoms with Crippen LogP contribution in [0.15, 0.2) is 210 Å². The van der Waals surface area contributed by atoms with E-state index in [0.717, 1.165) is 24.1 Å². The summed E-state index contributed by atoms with van der Waals surface area (Å²) in [6, 6.07) is 33.3. The third-order valence-corrected chi connectivity index (χ3v) is 14.0. The van der Waals surface area contributed by atoms with Gasteiger partial charge in [0.15, 0.2) is 0 Å². The van der Waals surface area contributed by atoms with Gasteiger partial charge in [-0.05, 0) is 114 Å². The second-order valence-electron chi connectivity index (χ2n) is 17.7. The molecule has 0 spiro atoms. The molecule has 0 amide bonds. The Morgan fingerprint density at radius 2 is 1.48 bits per heavy atom. The minimum absolute atomic E-state index is 0.0838. The molecule has 1 nitrogen and oxygen atoms in total. The lowest BCUT2D eigenvalue weighted by atomic mass is 9.72. The molecule has 61 heavy (non-hydrogen) atoms. The zero-order chi connectivity index (χ0) is 42.6. The summed E-state index contributed by atoms with van der Waals surface area (Å²) in [6.45, 7) is 22.5. The van der Waals surface area contributed by atoms with Gasteiger partial charge in [0, 0.05) is 28.9 Å². The zero-order valence-electron chi connectivity index (χ0n) is 37.0. The van der Waals surface area contributed by atoms with Crippen LogP contribution in [0.3, 0.4) is 0 Å². The van der Waals surface area contributed by atoms with Gasteiger partial charge in [0.05, 0.1) is 11.8 Å². The normalized spacial score (nSPS) is 23.7. The number of hydrogen-bond acceptors (Lipinski definition) is 1. The summed E-state index contributed by atoms with van der Waals surface area (Å²) < 4.78 is 0. The van der Waals surface area contributed by atoms with Crippen LogP contribution in [-0.4, -0.2) is 11.8 Å². The molecule has 7 unspecified atom stereocenters.